The normalized spacial score (nSPS) is 21.9. The Labute approximate surface area is 107 Å². The van der Waals surface area contributed by atoms with E-state index in [1.165, 1.54) is 11.1 Å². The molecule has 100 valence electrons. The van der Waals surface area contributed by atoms with E-state index in [4.69, 9.17) is 0 Å². The summed E-state index contributed by atoms with van der Waals surface area (Å²) in [6, 6.07) is 1.62. The number of anilines is 1. The summed E-state index contributed by atoms with van der Waals surface area (Å²) in [6.07, 6.45) is 3.58. The van der Waals surface area contributed by atoms with Crippen LogP contribution in [-0.2, 0) is 6.54 Å². The second-order valence-electron chi connectivity index (χ2n) is 5.28. The number of rotatable bonds is 3. The zero-order chi connectivity index (χ0) is 13.1. The molecule has 1 fully saturated rings. The maximum absolute atomic E-state index is 11.9. The summed E-state index contributed by atoms with van der Waals surface area (Å²) in [7, 11) is 0. The number of aliphatic hydroxyl groups excluding tert-OH is 1. The fourth-order valence-corrected chi connectivity index (χ4v) is 2.41. The van der Waals surface area contributed by atoms with Crippen molar-refractivity contribution < 1.29 is 5.11 Å². The van der Waals surface area contributed by atoms with Crippen molar-refractivity contribution in [2.75, 3.05) is 18.0 Å². The van der Waals surface area contributed by atoms with Crippen LogP contribution in [0.5, 0.6) is 0 Å². The Morgan fingerprint density at radius 2 is 2.39 bits per heavy atom. The lowest BCUT2D eigenvalue weighted by Gasteiger charge is -2.32. The van der Waals surface area contributed by atoms with Crippen LogP contribution in [0.15, 0.2) is 17.1 Å². The molecule has 1 N–H and O–H groups in total. The van der Waals surface area contributed by atoms with E-state index in [1.807, 2.05) is 0 Å². The minimum atomic E-state index is -0.559. The molecular formula is C13H21N3O2. The number of aliphatic hydroxyl groups is 1. The molecule has 0 aliphatic carbocycles. The number of piperidine rings is 1. The van der Waals surface area contributed by atoms with Crippen LogP contribution in [0, 0.1) is 5.92 Å². The highest BCUT2D eigenvalue weighted by Crippen LogP contribution is 2.20. The van der Waals surface area contributed by atoms with Gasteiger partial charge in [-0.15, -0.1) is 0 Å². The maximum Gasteiger partial charge on any atom is 0.268 e. The molecule has 18 heavy (non-hydrogen) atoms. The van der Waals surface area contributed by atoms with E-state index in [0.717, 1.165) is 25.2 Å². The molecule has 0 radical (unpaired) electrons. The highest BCUT2D eigenvalue weighted by Gasteiger charge is 2.17. The van der Waals surface area contributed by atoms with E-state index in [2.05, 4.69) is 16.9 Å². The van der Waals surface area contributed by atoms with E-state index in [-0.39, 0.29) is 12.1 Å². The van der Waals surface area contributed by atoms with Crippen molar-refractivity contribution in [2.24, 2.45) is 5.92 Å². The molecule has 0 bridgehead atoms. The molecule has 1 aromatic heterocycles. The van der Waals surface area contributed by atoms with E-state index in [9.17, 15) is 9.90 Å². The van der Waals surface area contributed by atoms with Gasteiger partial charge in [-0.3, -0.25) is 4.79 Å². The van der Waals surface area contributed by atoms with Gasteiger partial charge in [0, 0.05) is 19.2 Å². The first-order chi connectivity index (χ1) is 8.56. The Morgan fingerprint density at radius 3 is 3.00 bits per heavy atom. The van der Waals surface area contributed by atoms with Crippen LogP contribution in [0.25, 0.3) is 0 Å². The molecule has 1 aliphatic heterocycles. The van der Waals surface area contributed by atoms with Gasteiger partial charge in [0.25, 0.3) is 5.56 Å². The molecule has 2 rings (SSSR count). The standard InChI is InChI=1S/C13H21N3O2/c1-10-4-3-5-15(8-10)12-6-13(18)16(14-7-12)9-11(2)17/h6-7,10-11,17H,3-5,8-9H2,1-2H3/t10?,11-/m0/s1. The van der Waals surface area contributed by atoms with Gasteiger partial charge in [-0.05, 0) is 25.7 Å². The highest BCUT2D eigenvalue weighted by molar-refractivity contribution is 5.43. The van der Waals surface area contributed by atoms with Crippen molar-refractivity contribution in [3.05, 3.63) is 22.6 Å². The zero-order valence-electron chi connectivity index (χ0n) is 11.0. The van der Waals surface area contributed by atoms with E-state index < -0.39 is 6.10 Å². The molecule has 0 aromatic carbocycles. The molecule has 2 heterocycles. The molecule has 1 unspecified atom stereocenters. The second kappa shape index (κ2) is 5.52. The third kappa shape index (κ3) is 3.10. The van der Waals surface area contributed by atoms with Gasteiger partial charge in [-0.25, -0.2) is 4.68 Å². The number of nitrogens with zero attached hydrogens (tertiary/aromatic N) is 3. The number of hydrogen-bond donors (Lipinski definition) is 1. The van der Waals surface area contributed by atoms with E-state index >= 15 is 0 Å². The van der Waals surface area contributed by atoms with Crippen molar-refractivity contribution in [3.63, 3.8) is 0 Å². The molecule has 5 heteroatoms. The van der Waals surface area contributed by atoms with Gasteiger partial charge in [0.2, 0.25) is 0 Å². The van der Waals surface area contributed by atoms with Crippen molar-refractivity contribution in [1.29, 1.82) is 0 Å². The maximum atomic E-state index is 11.9. The summed E-state index contributed by atoms with van der Waals surface area (Å²) in [5.74, 6) is 0.665. The van der Waals surface area contributed by atoms with Crippen molar-refractivity contribution in [3.8, 4) is 0 Å². The lowest BCUT2D eigenvalue weighted by Crippen LogP contribution is -2.36. The van der Waals surface area contributed by atoms with Crippen LogP contribution in [0.3, 0.4) is 0 Å². The molecule has 5 nitrogen and oxygen atoms in total. The molecule has 0 saturated carbocycles. The summed E-state index contributed by atoms with van der Waals surface area (Å²) < 4.78 is 1.31. The molecule has 1 aliphatic rings. The fourth-order valence-electron chi connectivity index (χ4n) is 2.41. The van der Waals surface area contributed by atoms with Crippen molar-refractivity contribution >= 4 is 5.69 Å². The van der Waals surface area contributed by atoms with E-state index in [1.54, 1.807) is 19.2 Å². The van der Waals surface area contributed by atoms with Crippen LogP contribution in [0.2, 0.25) is 0 Å². The lowest BCUT2D eigenvalue weighted by atomic mass is 10.00. The zero-order valence-corrected chi connectivity index (χ0v) is 11.0. The minimum absolute atomic E-state index is 0.147. The Kier molecular flexibility index (Phi) is 4.01. The van der Waals surface area contributed by atoms with E-state index in [0.29, 0.717) is 5.92 Å². The van der Waals surface area contributed by atoms with Gasteiger partial charge in [0.05, 0.1) is 24.5 Å². The predicted octanol–water partition coefficient (Wildman–Crippen LogP) is 0.860. The lowest BCUT2D eigenvalue weighted by molar-refractivity contribution is 0.166. The number of hydrogen-bond acceptors (Lipinski definition) is 4. The van der Waals surface area contributed by atoms with Crippen LogP contribution < -0.4 is 10.5 Å². The molecular weight excluding hydrogens is 230 g/mol. The van der Waals surface area contributed by atoms with Crippen molar-refractivity contribution in [2.45, 2.75) is 39.3 Å². The first-order valence-corrected chi connectivity index (χ1v) is 6.56. The predicted molar refractivity (Wildman–Crippen MR) is 70.8 cm³/mol. The Hall–Kier alpha value is -1.36. The van der Waals surface area contributed by atoms with Crippen LogP contribution in [0.4, 0.5) is 5.69 Å². The van der Waals surface area contributed by atoms with Gasteiger partial charge >= 0.3 is 0 Å². The second-order valence-corrected chi connectivity index (χ2v) is 5.28. The van der Waals surface area contributed by atoms with Gasteiger partial charge in [-0.2, -0.15) is 5.10 Å². The van der Waals surface area contributed by atoms with Crippen LogP contribution >= 0.6 is 0 Å². The quantitative estimate of drug-likeness (QED) is 0.865. The van der Waals surface area contributed by atoms with Gasteiger partial charge < -0.3 is 10.0 Å². The van der Waals surface area contributed by atoms with Gasteiger partial charge in [0.1, 0.15) is 0 Å². The summed E-state index contributed by atoms with van der Waals surface area (Å²) in [4.78, 5) is 14.1. The third-order valence-electron chi connectivity index (χ3n) is 3.31. The average molecular weight is 251 g/mol. The smallest absolute Gasteiger partial charge is 0.268 e. The summed E-state index contributed by atoms with van der Waals surface area (Å²) in [6.45, 7) is 6.10. The molecule has 0 amide bonds. The Bertz CT molecular complexity index is 456. The highest BCUT2D eigenvalue weighted by atomic mass is 16.3. The minimum Gasteiger partial charge on any atom is -0.391 e. The number of aromatic nitrogens is 2. The average Bonchev–Trinajstić information content (AvgIpc) is 2.31. The fraction of sp³-hybridized carbons (Fsp3) is 0.692. The van der Waals surface area contributed by atoms with Crippen LogP contribution in [-0.4, -0.2) is 34.1 Å². The molecule has 1 aromatic rings. The molecule has 1 saturated heterocycles. The van der Waals surface area contributed by atoms with Crippen LogP contribution in [0.1, 0.15) is 26.7 Å². The topological polar surface area (TPSA) is 58.4 Å². The summed E-state index contributed by atoms with van der Waals surface area (Å²) in [5, 5.41) is 13.4. The van der Waals surface area contributed by atoms with Gasteiger partial charge in [0.15, 0.2) is 0 Å². The molecule has 0 spiro atoms. The summed E-state index contributed by atoms with van der Waals surface area (Å²) >= 11 is 0. The SMILES string of the molecule is CC1CCCN(c2cnn(C[C@H](C)O)c(=O)c2)C1. The van der Waals surface area contributed by atoms with Crippen molar-refractivity contribution in [1.82, 2.24) is 9.78 Å². The van der Waals surface area contributed by atoms with Gasteiger partial charge in [-0.1, -0.05) is 6.92 Å². The Morgan fingerprint density at radius 1 is 1.61 bits per heavy atom. The first kappa shape index (κ1) is 13.1. The Balaban J connectivity index is 2.15. The monoisotopic (exact) mass is 251 g/mol. The third-order valence-corrected chi connectivity index (χ3v) is 3.31. The summed E-state index contributed by atoms with van der Waals surface area (Å²) in [5.41, 5.74) is 0.750. The largest absolute Gasteiger partial charge is 0.391 e. The molecule has 2 atom stereocenters. The first-order valence-electron chi connectivity index (χ1n) is 6.56.